The zero-order valence-corrected chi connectivity index (χ0v) is 11.8. The Kier molecular flexibility index (Phi) is 4.16. The van der Waals surface area contributed by atoms with E-state index in [1.807, 2.05) is 12.3 Å². The number of hydrogen-bond donors (Lipinski definition) is 0. The van der Waals surface area contributed by atoms with Gasteiger partial charge in [0.15, 0.2) is 5.78 Å². The molecular formula is C17H21NO2. The number of carbonyl (C=O) groups excluding carboxylic acids is 1. The minimum Gasteiger partial charge on any atom is -0.378 e. The van der Waals surface area contributed by atoms with Crippen LogP contribution in [0.25, 0.3) is 0 Å². The fourth-order valence-electron chi connectivity index (χ4n) is 2.88. The summed E-state index contributed by atoms with van der Waals surface area (Å²) in [5, 5.41) is 0. The van der Waals surface area contributed by atoms with Crippen molar-refractivity contribution in [2.24, 2.45) is 0 Å². The third kappa shape index (κ3) is 3.10. The summed E-state index contributed by atoms with van der Waals surface area (Å²) in [6.45, 7) is 3.23. The normalized spacial score (nSPS) is 19.1. The second-order valence-corrected chi connectivity index (χ2v) is 5.52. The van der Waals surface area contributed by atoms with Crippen LogP contribution in [-0.4, -0.2) is 37.0 Å². The summed E-state index contributed by atoms with van der Waals surface area (Å²) in [4.78, 5) is 14.4. The minimum absolute atomic E-state index is 0.102. The molecule has 1 aromatic rings. The van der Waals surface area contributed by atoms with Gasteiger partial charge in [0.1, 0.15) is 0 Å². The first-order valence-electron chi connectivity index (χ1n) is 7.49. The summed E-state index contributed by atoms with van der Waals surface area (Å²) in [5.41, 5.74) is 3.60. The monoisotopic (exact) mass is 271 g/mol. The minimum atomic E-state index is 0.102. The van der Waals surface area contributed by atoms with E-state index in [1.54, 1.807) is 6.08 Å². The summed E-state index contributed by atoms with van der Waals surface area (Å²) < 4.78 is 5.29. The zero-order valence-electron chi connectivity index (χ0n) is 11.8. The summed E-state index contributed by atoms with van der Waals surface area (Å²) in [6.07, 6.45) is 8.39. The maximum absolute atomic E-state index is 12.2. The number of aryl methyl sites for hydroxylation is 2. The van der Waals surface area contributed by atoms with Crippen molar-refractivity contribution in [2.75, 3.05) is 26.3 Å². The molecule has 0 radical (unpaired) electrons. The third-order valence-corrected chi connectivity index (χ3v) is 4.12. The van der Waals surface area contributed by atoms with E-state index < -0.39 is 0 Å². The Morgan fingerprint density at radius 2 is 1.85 bits per heavy atom. The lowest BCUT2D eigenvalue weighted by Gasteiger charge is -2.24. The first-order valence-corrected chi connectivity index (χ1v) is 7.49. The van der Waals surface area contributed by atoms with Crippen LogP contribution in [0.3, 0.4) is 0 Å². The van der Waals surface area contributed by atoms with Crippen molar-refractivity contribution in [3.8, 4) is 0 Å². The number of fused-ring (bicyclic) bond motifs is 1. The number of benzene rings is 1. The molecule has 1 aromatic carbocycles. The molecule has 0 atom stereocenters. The fraction of sp³-hybridized carbons (Fsp3) is 0.471. The highest BCUT2D eigenvalue weighted by molar-refractivity contribution is 6.04. The molecule has 0 unspecified atom stereocenters. The number of ether oxygens (including phenoxy) is 1. The van der Waals surface area contributed by atoms with Gasteiger partial charge in [0.2, 0.25) is 0 Å². The van der Waals surface area contributed by atoms with Crippen LogP contribution >= 0.6 is 0 Å². The Bertz CT molecular complexity index is 516. The van der Waals surface area contributed by atoms with Crippen LogP contribution in [0.4, 0.5) is 0 Å². The third-order valence-electron chi connectivity index (χ3n) is 4.12. The van der Waals surface area contributed by atoms with Crippen LogP contribution < -0.4 is 0 Å². The second-order valence-electron chi connectivity index (χ2n) is 5.52. The SMILES string of the molecule is O=C(/C=C/N1CCOCC1)c1ccc2c(c1)CCCC2. The van der Waals surface area contributed by atoms with E-state index in [4.69, 9.17) is 4.74 Å². The van der Waals surface area contributed by atoms with Crippen molar-refractivity contribution >= 4 is 5.78 Å². The molecule has 1 fully saturated rings. The van der Waals surface area contributed by atoms with E-state index in [1.165, 1.54) is 24.0 Å². The lowest BCUT2D eigenvalue weighted by Crippen LogP contribution is -2.32. The Morgan fingerprint density at radius 1 is 1.10 bits per heavy atom. The van der Waals surface area contributed by atoms with Gasteiger partial charge in [-0.15, -0.1) is 0 Å². The Balaban J connectivity index is 1.68. The van der Waals surface area contributed by atoms with E-state index in [0.717, 1.165) is 44.7 Å². The largest absolute Gasteiger partial charge is 0.378 e. The van der Waals surface area contributed by atoms with E-state index in [9.17, 15) is 4.79 Å². The Labute approximate surface area is 120 Å². The molecule has 1 aliphatic heterocycles. The van der Waals surface area contributed by atoms with Gasteiger partial charge < -0.3 is 9.64 Å². The smallest absolute Gasteiger partial charge is 0.187 e. The second kappa shape index (κ2) is 6.23. The van der Waals surface area contributed by atoms with Gasteiger partial charge in [0.25, 0.3) is 0 Å². The van der Waals surface area contributed by atoms with Crippen LogP contribution in [0.15, 0.2) is 30.5 Å². The number of hydrogen-bond acceptors (Lipinski definition) is 3. The predicted octanol–water partition coefficient (Wildman–Crippen LogP) is 2.59. The van der Waals surface area contributed by atoms with Crippen molar-refractivity contribution < 1.29 is 9.53 Å². The van der Waals surface area contributed by atoms with E-state index in [2.05, 4.69) is 17.0 Å². The molecule has 106 valence electrons. The standard InChI is InChI=1S/C17H21NO2/c19-17(7-8-18-9-11-20-12-10-18)16-6-5-14-3-1-2-4-15(14)13-16/h5-8,13H,1-4,9-12H2/b8-7+. The lowest BCUT2D eigenvalue weighted by atomic mass is 9.90. The summed E-state index contributed by atoms with van der Waals surface area (Å²) in [7, 11) is 0. The fourth-order valence-corrected chi connectivity index (χ4v) is 2.88. The van der Waals surface area contributed by atoms with Crippen molar-refractivity contribution in [1.29, 1.82) is 0 Å². The molecule has 0 saturated carbocycles. The van der Waals surface area contributed by atoms with Gasteiger partial charge in [-0.2, -0.15) is 0 Å². The van der Waals surface area contributed by atoms with Crippen molar-refractivity contribution in [3.05, 3.63) is 47.2 Å². The van der Waals surface area contributed by atoms with Gasteiger partial charge in [-0.3, -0.25) is 4.79 Å². The first-order chi connectivity index (χ1) is 9.83. The number of morpholine rings is 1. The number of carbonyl (C=O) groups is 1. The molecule has 2 aliphatic rings. The Hall–Kier alpha value is -1.61. The molecule has 3 rings (SSSR count). The van der Waals surface area contributed by atoms with E-state index >= 15 is 0 Å². The van der Waals surface area contributed by atoms with Gasteiger partial charge in [-0.25, -0.2) is 0 Å². The van der Waals surface area contributed by atoms with Gasteiger partial charge >= 0.3 is 0 Å². The van der Waals surface area contributed by atoms with Crippen molar-refractivity contribution in [2.45, 2.75) is 25.7 Å². The maximum Gasteiger partial charge on any atom is 0.187 e. The van der Waals surface area contributed by atoms with Crippen LogP contribution in [0.1, 0.15) is 34.3 Å². The number of nitrogens with zero attached hydrogens (tertiary/aromatic N) is 1. The molecule has 1 aliphatic carbocycles. The highest BCUT2D eigenvalue weighted by Gasteiger charge is 2.12. The predicted molar refractivity (Wildman–Crippen MR) is 78.9 cm³/mol. The summed E-state index contributed by atoms with van der Waals surface area (Å²) in [5.74, 6) is 0.102. The Morgan fingerprint density at radius 3 is 2.65 bits per heavy atom. The number of ketones is 1. The van der Waals surface area contributed by atoms with Gasteiger partial charge in [0, 0.05) is 30.9 Å². The maximum atomic E-state index is 12.2. The molecule has 1 heterocycles. The van der Waals surface area contributed by atoms with Crippen LogP contribution in [-0.2, 0) is 17.6 Å². The molecule has 3 nitrogen and oxygen atoms in total. The van der Waals surface area contributed by atoms with E-state index in [0.29, 0.717) is 0 Å². The first kappa shape index (κ1) is 13.4. The van der Waals surface area contributed by atoms with E-state index in [-0.39, 0.29) is 5.78 Å². The average Bonchev–Trinajstić information content (AvgIpc) is 2.53. The quantitative estimate of drug-likeness (QED) is 0.625. The zero-order chi connectivity index (χ0) is 13.8. The van der Waals surface area contributed by atoms with Crippen LogP contribution in [0.5, 0.6) is 0 Å². The average molecular weight is 271 g/mol. The molecule has 0 N–H and O–H groups in total. The highest BCUT2D eigenvalue weighted by atomic mass is 16.5. The summed E-state index contributed by atoms with van der Waals surface area (Å²) in [6, 6.07) is 6.18. The molecule has 20 heavy (non-hydrogen) atoms. The highest BCUT2D eigenvalue weighted by Crippen LogP contribution is 2.22. The van der Waals surface area contributed by atoms with Crippen molar-refractivity contribution in [1.82, 2.24) is 4.90 Å². The molecule has 0 aromatic heterocycles. The van der Waals surface area contributed by atoms with Crippen LogP contribution in [0.2, 0.25) is 0 Å². The number of rotatable bonds is 3. The van der Waals surface area contributed by atoms with Crippen molar-refractivity contribution in [3.63, 3.8) is 0 Å². The molecule has 0 bridgehead atoms. The summed E-state index contributed by atoms with van der Waals surface area (Å²) >= 11 is 0. The van der Waals surface area contributed by atoms with Gasteiger partial charge in [-0.05, 0) is 42.9 Å². The van der Waals surface area contributed by atoms with Gasteiger partial charge in [0.05, 0.1) is 13.2 Å². The molecular weight excluding hydrogens is 250 g/mol. The molecule has 3 heteroatoms. The molecule has 1 saturated heterocycles. The lowest BCUT2D eigenvalue weighted by molar-refractivity contribution is 0.0591. The number of allylic oxidation sites excluding steroid dienone is 1. The topological polar surface area (TPSA) is 29.5 Å². The molecule has 0 amide bonds. The van der Waals surface area contributed by atoms with Crippen LogP contribution in [0, 0.1) is 0 Å². The van der Waals surface area contributed by atoms with Gasteiger partial charge in [-0.1, -0.05) is 12.1 Å². The molecule has 0 spiro atoms.